The molecule has 174 valence electrons. The zero-order valence-electron chi connectivity index (χ0n) is 18.3. The molecule has 1 saturated heterocycles. The van der Waals surface area contributed by atoms with Crippen LogP contribution in [-0.4, -0.2) is 69.6 Å². The first-order chi connectivity index (χ1) is 15.3. The van der Waals surface area contributed by atoms with Crippen molar-refractivity contribution in [1.29, 1.82) is 0 Å². The summed E-state index contributed by atoms with van der Waals surface area (Å²) in [6.07, 6.45) is 0. The molecule has 1 amide bonds. The minimum atomic E-state index is -3.91. The van der Waals surface area contributed by atoms with Gasteiger partial charge in [-0.2, -0.15) is 4.72 Å². The van der Waals surface area contributed by atoms with E-state index < -0.39 is 16.1 Å². The van der Waals surface area contributed by atoms with Gasteiger partial charge < -0.3 is 14.4 Å². The first-order valence-electron chi connectivity index (χ1n) is 10.8. The zero-order chi connectivity index (χ0) is 22.7. The van der Waals surface area contributed by atoms with Crippen LogP contribution in [0.5, 0.6) is 11.5 Å². The van der Waals surface area contributed by atoms with Gasteiger partial charge in [0.25, 0.3) is 0 Å². The van der Waals surface area contributed by atoms with E-state index in [1.807, 2.05) is 19.9 Å². The maximum absolute atomic E-state index is 13.2. The van der Waals surface area contributed by atoms with Crippen molar-refractivity contribution in [2.24, 2.45) is 5.92 Å². The van der Waals surface area contributed by atoms with Gasteiger partial charge in [0.1, 0.15) is 19.3 Å². The molecule has 0 radical (unpaired) electrons. The molecule has 1 aromatic heterocycles. The number of piperazine rings is 1. The van der Waals surface area contributed by atoms with Crippen LogP contribution in [-0.2, 0) is 21.4 Å². The highest BCUT2D eigenvalue weighted by molar-refractivity contribution is 7.89. The second-order valence-corrected chi connectivity index (χ2v) is 11.1. The monoisotopic (exact) mass is 479 g/mol. The molecule has 4 rings (SSSR count). The summed E-state index contributed by atoms with van der Waals surface area (Å²) in [6, 6.07) is 7.83. The van der Waals surface area contributed by atoms with Crippen LogP contribution in [0, 0.1) is 5.92 Å². The Balaban J connectivity index is 1.41. The summed E-state index contributed by atoms with van der Waals surface area (Å²) >= 11 is 1.73. The average molecular weight is 480 g/mol. The Morgan fingerprint density at radius 2 is 1.81 bits per heavy atom. The Kier molecular flexibility index (Phi) is 7.04. The van der Waals surface area contributed by atoms with Crippen LogP contribution in [0.25, 0.3) is 0 Å². The van der Waals surface area contributed by atoms with Crippen molar-refractivity contribution in [2.75, 3.05) is 39.4 Å². The molecular formula is C22H29N3O5S2. The quantitative estimate of drug-likeness (QED) is 0.655. The smallest absolute Gasteiger partial charge is 0.241 e. The Labute approximate surface area is 193 Å². The van der Waals surface area contributed by atoms with E-state index in [1.165, 1.54) is 17.0 Å². The Bertz CT molecular complexity index is 1030. The number of sulfonamides is 1. The van der Waals surface area contributed by atoms with Crippen LogP contribution >= 0.6 is 11.3 Å². The van der Waals surface area contributed by atoms with Gasteiger partial charge >= 0.3 is 0 Å². The van der Waals surface area contributed by atoms with Crippen molar-refractivity contribution in [2.45, 2.75) is 31.3 Å². The molecule has 1 atom stereocenters. The molecule has 8 nitrogen and oxygen atoms in total. The van der Waals surface area contributed by atoms with E-state index in [-0.39, 0.29) is 16.7 Å². The molecule has 0 saturated carbocycles. The van der Waals surface area contributed by atoms with E-state index in [0.717, 1.165) is 19.6 Å². The number of carbonyl (C=O) groups excluding carboxylic acids is 1. The molecule has 2 aliphatic rings. The van der Waals surface area contributed by atoms with E-state index in [0.29, 0.717) is 37.8 Å². The summed E-state index contributed by atoms with van der Waals surface area (Å²) in [5, 5.41) is 2.07. The van der Waals surface area contributed by atoms with Gasteiger partial charge in [-0.05, 0) is 29.5 Å². The number of nitrogens with one attached hydrogen (secondary N) is 1. The normalized spacial score (nSPS) is 18.0. The Hall–Kier alpha value is -2.14. The molecule has 2 aliphatic heterocycles. The largest absolute Gasteiger partial charge is 0.486 e. The maximum atomic E-state index is 13.2. The lowest BCUT2D eigenvalue weighted by Gasteiger charge is -2.37. The second kappa shape index (κ2) is 9.78. The average Bonchev–Trinajstić information content (AvgIpc) is 3.30. The molecule has 0 spiro atoms. The lowest BCUT2D eigenvalue weighted by atomic mass is 10.0. The summed E-state index contributed by atoms with van der Waals surface area (Å²) in [6.45, 7) is 8.08. The predicted molar refractivity (Wildman–Crippen MR) is 123 cm³/mol. The fourth-order valence-electron chi connectivity index (χ4n) is 3.84. The lowest BCUT2D eigenvalue weighted by molar-refractivity contribution is -0.135. The summed E-state index contributed by atoms with van der Waals surface area (Å²) in [5.41, 5.74) is 0. The molecule has 1 fully saturated rings. The number of ether oxygens (including phenoxy) is 2. The van der Waals surface area contributed by atoms with E-state index >= 15 is 0 Å². The molecule has 32 heavy (non-hydrogen) atoms. The highest BCUT2D eigenvalue weighted by Crippen LogP contribution is 2.32. The number of fused-ring (bicyclic) bond motifs is 1. The molecule has 3 heterocycles. The van der Waals surface area contributed by atoms with Gasteiger partial charge in [-0.3, -0.25) is 9.69 Å². The number of hydrogen-bond donors (Lipinski definition) is 1. The molecular weight excluding hydrogens is 450 g/mol. The third kappa shape index (κ3) is 5.25. The van der Waals surface area contributed by atoms with Crippen LogP contribution in [0.4, 0.5) is 0 Å². The summed E-state index contributed by atoms with van der Waals surface area (Å²) in [7, 11) is -3.91. The van der Waals surface area contributed by atoms with Gasteiger partial charge in [0, 0.05) is 43.7 Å². The highest BCUT2D eigenvalue weighted by Gasteiger charge is 2.33. The number of hydrogen-bond acceptors (Lipinski definition) is 7. The third-order valence-corrected chi connectivity index (χ3v) is 7.98. The van der Waals surface area contributed by atoms with Gasteiger partial charge in [-0.1, -0.05) is 19.9 Å². The predicted octanol–water partition coefficient (Wildman–Crippen LogP) is 2.17. The van der Waals surface area contributed by atoms with Crippen molar-refractivity contribution in [3.05, 3.63) is 40.6 Å². The van der Waals surface area contributed by atoms with Crippen molar-refractivity contribution < 1.29 is 22.7 Å². The summed E-state index contributed by atoms with van der Waals surface area (Å²) in [5.74, 6) is 0.538. The number of amides is 1. The minimum absolute atomic E-state index is 0.0565. The topological polar surface area (TPSA) is 88.2 Å². The molecule has 0 aliphatic carbocycles. The van der Waals surface area contributed by atoms with Gasteiger partial charge in [0.2, 0.25) is 15.9 Å². The fraction of sp³-hybridized carbons (Fsp3) is 0.500. The van der Waals surface area contributed by atoms with Crippen LogP contribution in [0.2, 0.25) is 0 Å². The van der Waals surface area contributed by atoms with E-state index in [4.69, 9.17) is 9.47 Å². The van der Waals surface area contributed by atoms with E-state index in [2.05, 4.69) is 21.1 Å². The highest BCUT2D eigenvalue weighted by atomic mass is 32.2. The second-order valence-electron chi connectivity index (χ2n) is 8.33. The van der Waals surface area contributed by atoms with Gasteiger partial charge in [-0.25, -0.2) is 8.42 Å². The maximum Gasteiger partial charge on any atom is 0.241 e. The number of rotatable bonds is 7. The van der Waals surface area contributed by atoms with Gasteiger partial charge in [0.15, 0.2) is 11.5 Å². The van der Waals surface area contributed by atoms with Crippen LogP contribution in [0.1, 0.15) is 18.7 Å². The molecule has 1 aromatic carbocycles. The summed E-state index contributed by atoms with van der Waals surface area (Å²) in [4.78, 5) is 18.7. The zero-order valence-corrected chi connectivity index (χ0v) is 20.0. The van der Waals surface area contributed by atoms with Gasteiger partial charge in [0.05, 0.1) is 4.90 Å². The van der Waals surface area contributed by atoms with E-state index in [9.17, 15) is 13.2 Å². The Morgan fingerprint density at radius 3 is 2.47 bits per heavy atom. The SMILES string of the molecule is CC(C)[C@@H](NS(=O)(=O)c1ccc2c(c1)OCCO2)C(=O)N1CCN(Cc2cccs2)CC1. The van der Waals surface area contributed by atoms with Crippen molar-refractivity contribution in [3.63, 3.8) is 0 Å². The fourth-order valence-corrected chi connectivity index (χ4v) is 5.94. The number of thiophene rings is 1. The lowest BCUT2D eigenvalue weighted by Crippen LogP contribution is -2.56. The first-order valence-corrected chi connectivity index (χ1v) is 13.2. The van der Waals surface area contributed by atoms with Crippen LogP contribution in [0.3, 0.4) is 0 Å². The minimum Gasteiger partial charge on any atom is -0.486 e. The van der Waals surface area contributed by atoms with Gasteiger partial charge in [-0.15, -0.1) is 11.3 Å². The molecule has 0 bridgehead atoms. The van der Waals surface area contributed by atoms with Crippen molar-refractivity contribution in [1.82, 2.24) is 14.5 Å². The standard InChI is InChI=1S/C22H29N3O5S2/c1-16(2)21(22(26)25-9-7-24(8-10-25)15-17-4-3-13-31-17)23-32(27,28)18-5-6-19-20(14-18)30-12-11-29-19/h3-6,13-14,16,21,23H,7-12,15H2,1-2H3/t21-/m1/s1. The van der Waals surface area contributed by atoms with Crippen LogP contribution < -0.4 is 14.2 Å². The number of benzene rings is 1. The molecule has 10 heteroatoms. The molecule has 1 N–H and O–H groups in total. The molecule has 0 unspecified atom stereocenters. The number of carbonyl (C=O) groups is 1. The third-order valence-electron chi connectivity index (χ3n) is 5.68. The van der Waals surface area contributed by atoms with Crippen molar-refractivity contribution in [3.8, 4) is 11.5 Å². The Morgan fingerprint density at radius 1 is 1.09 bits per heavy atom. The molecule has 2 aromatic rings. The number of nitrogens with zero attached hydrogens (tertiary/aromatic N) is 2. The summed E-state index contributed by atoms with van der Waals surface area (Å²) < 4.78 is 39.7. The van der Waals surface area contributed by atoms with Crippen LogP contribution in [0.15, 0.2) is 40.6 Å². The van der Waals surface area contributed by atoms with Crippen molar-refractivity contribution >= 4 is 27.3 Å². The first kappa shape index (κ1) is 23.0. The van der Waals surface area contributed by atoms with E-state index in [1.54, 1.807) is 22.3 Å².